The lowest BCUT2D eigenvalue weighted by Crippen LogP contribution is -2.26. The van der Waals surface area contributed by atoms with E-state index in [9.17, 15) is 0 Å². The van der Waals surface area contributed by atoms with Crippen LogP contribution in [0, 0.1) is 0 Å². The van der Waals surface area contributed by atoms with E-state index in [0.717, 1.165) is 54.9 Å². The van der Waals surface area contributed by atoms with Gasteiger partial charge >= 0.3 is 0 Å². The van der Waals surface area contributed by atoms with E-state index in [-0.39, 0.29) is 0 Å². The first-order valence-electron chi connectivity index (χ1n) is 13.7. The summed E-state index contributed by atoms with van der Waals surface area (Å²) in [7, 11) is 0. The normalized spacial score (nSPS) is 10.3. The first-order valence-corrected chi connectivity index (χ1v) is 14.5. The summed E-state index contributed by atoms with van der Waals surface area (Å²) in [5.41, 5.74) is 3.47. The number of halogens is 2. The van der Waals surface area contributed by atoms with Gasteiger partial charge in [0.15, 0.2) is 0 Å². The van der Waals surface area contributed by atoms with Crippen molar-refractivity contribution in [2.45, 2.75) is 101 Å². The second kappa shape index (κ2) is 25.2. The number of ether oxygens (including phenoxy) is 1. The maximum atomic E-state index is 6.40. The minimum absolute atomic E-state index is 0.381. The summed E-state index contributed by atoms with van der Waals surface area (Å²) >= 11 is 12.8. The number of nitrogens with zero attached hydrogens (tertiary/aromatic N) is 1. The number of rotatable bonds is 13. The molecule has 1 N–H and O–H groups in total. The van der Waals surface area contributed by atoms with Crippen molar-refractivity contribution in [2.24, 2.45) is 0 Å². The third kappa shape index (κ3) is 16.3. The van der Waals surface area contributed by atoms with Gasteiger partial charge in [0.05, 0.1) is 5.02 Å². The van der Waals surface area contributed by atoms with Gasteiger partial charge < -0.3 is 15.0 Å². The molecule has 0 amide bonds. The van der Waals surface area contributed by atoms with Crippen LogP contribution in [0.25, 0.3) is 5.57 Å². The smallest absolute Gasteiger partial charge is 0.140 e. The van der Waals surface area contributed by atoms with Crippen LogP contribution < -0.4 is 10.1 Å². The second-order valence-electron chi connectivity index (χ2n) is 8.18. The molecule has 0 spiro atoms. The van der Waals surface area contributed by atoms with Crippen LogP contribution in [0.2, 0.25) is 10.0 Å². The largest absolute Gasteiger partial charge is 0.486 e. The highest BCUT2D eigenvalue weighted by molar-refractivity contribution is 6.44. The summed E-state index contributed by atoms with van der Waals surface area (Å²) in [5.74, 6) is 0.550. The fourth-order valence-electron chi connectivity index (χ4n) is 2.84. The topological polar surface area (TPSA) is 24.5 Å². The van der Waals surface area contributed by atoms with E-state index in [2.05, 4.69) is 78.4 Å². The molecular formula is C31H56Cl2N2O. The van der Waals surface area contributed by atoms with E-state index in [4.69, 9.17) is 27.9 Å². The molecule has 0 bridgehead atoms. The van der Waals surface area contributed by atoms with Crippen LogP contribution in [0.15, 0.2) is 43.1 Å². The lowest BCUT2D eigenvalue weighted by Gasteiger charge is -2.25. The lowest BCUT2D eigenvalue weighted by atomic mass is 9.99. The van der Waals surface area contributed by atoms with Crippen LogP contribution in [0.4, 0.5) is 0 Å². The van der Waals surface area contributed by atoms with Crippen LogP contribution in [-0.4, -0.2) is 37.2 Å². The average molecular weight is 544 g/mol. The highest BCUT2D eigenvalue weighted by Crippen LogP contribution is 2.39. The SMILES string of the molecule is C=C(CC)C(=C)c1ccc(OCC(=C)N(CC)CCC)c(Cl)c1Cl.CC.CCC.CCN[C@H](C)CC. The highest BCUT2D eigenvalue weighted by atomic mass is 35.5. The van der Waals surface area contributed by atoms with Gasteiger partial charge in [-0.1, -0.05) is 105 Å². The Morgan fingerprint density at radius 3 is 1.92 bits per heavy atom. The number of likely N-dealkylation sites (N-methyl/N-ethyl adjacent to an activating group) is 1. The molecule has 0 fully saturated rings. The Morgan fingerprint density at radius 1 is 0.972 bits per heavy atom. The molecule has 0 heterocycles. The molecule has 1 rings (SSSR count). The van der Waals surface area contributed by atoms with Crippen LogP contribution in [-0.2, 0) is 0 Å². The standard InChI is InChI=1S/C20H27Cl2NO.C6H15N.C3H8.C2H6/c1-7-12-23(9-3)15(5)13-24-18-11-10-17(19(21)20(18)22)16(6)14(4)8-2;1-4-6(3)7-5-2;1-3-2;1-2/h10-11H,4-9,12-13H2,1-3H3;6-7H,4-5H2,1-3H3;3H2,1-2H3;1-2H3/t;6-;;/m.1../s1. The molecule has 1 atom stereocenters. The second-order valence-corrected chi connectivity index (χ2v) is 8.94. The third-order valence-electron chi connectivity index (χ3n) is 5.11. The van der Waals surface area contributed by atoms with Gasteiger partial charge in [-0.3, -0.25) is 0 Å². The fourth-order valence-corrected chi connectivity index (χ4v) is 3.32. The molecule has 210 valence electrons. The van der Waals surface area contributed by atoms with Crippen molar-refractivity contribution in [2.75, 3.05) is 26.2 Å². The van der Waals surface area contributed by atoms with E-state index < -0.39 is 0 Å². The lowest BCUT2D eigenvalue weighted by molar-refractivity contribution is 0.273. The zero-order valence-electron chi connectivity index (χ0n) is 25.1. The molecule has 0 radical (unpaired) electrons. The maximum Gasteiger partial charge on any atom is 0.140 e. The highest BCUT2D eigenvalue weighted by Gasteiger charge is 2.15. The summed E-state index contributed by atoms with van der Waals surface area (Å²) in [6, 6.07) is 4.39. The van der Waals surface area contributed by atoms with Crippen molar-refractivity contribution < 1.29 is 4.74 Å². The molecule has 0 unspecified atom stereocenters. The fraction of sp³-hybridized carbons (Fsp3) is 0.613. The predicted molar refractivity (Wildman–Crippen MR) is 168 cm³/mol. The van der Waals surface area contributed by atoms with Crippen molar-refractivity contribution in [3.8, 4) is 5.75 Å². The zero-order valence-corrected chi connectivity index (χ0v) is 26.6. The molecule has 0 aromatic heterocycles. The minimum atomic E-state index is 0.381. The molecule has 0 aliphatic rings. The monoisotopic (exact) mass is 542 g/mol. The van der Waals surface area contributed by atoms with Gasteiger partial charge in [0.25, 0.3) is 0 Å². The molecule has 3 nitrogen and oxygen atoms in total. The average Bonchev–Trinajstić information content (AvgIpc) is 2.89. The van der Waals surface area contributed by atoms with Gasteiger partial charge in [-0.2, -0.15) is 0 Å². The summed E-state index contributed by atoms with van der Waals surface area (Å²) in [4.78, 5) is 2.19. The van der Waals surface area contributed by atoms with Crippen molar-refractivity contribution in [3.05, 3.63) is 58.7 Å². The van der Waals surface area contributed by atoms with Gasteiger partial charge in [0.1, 0.15) is 17.4 Å². The van der Waals surface area contributed by atoms with E-state index in [1.54, 1.807) is 0 Å². The number of hydrogen-bond acceptors (Lipinski definition) is 3. The molecule has 1 aromatic carbocycles. The Hall–Kier alpha value is -1.42. The van der Waals surface area contributed by atoms with E-state index in [0.29, 0.717) is 28.4 Å². The van der Waals surface area contributed by atoms with Crippen molar-refractivity contribution in [1.29, 1.82) is 0 Å². The van der Waals surface area contributed by atoms with Crippen LogP contribution >= 0.6 is 23.2 Å². The molecule has 5 heteroatoms. The molecular weight excluding hydrogens is 487 g/mol. The van der Waals surface area contributed by atoms with Crippen LogP contribution in [0.1, 0.15) is 100 Å². The number of allylic oxidation sites excluding steroid dienone is 2. The zero-order chi connectivity index (χ0) is 28.7. The van der Waals surface area contributed by atoms with Gasteiger partial charge in [-0.15, -0.1) is 0 Å². The van der Waals surface area contributed by atoms with Gasteiger partial charge in [-0.05, 0) is 62.9 Å². The molecule has 0 aliphatic heterocycles. The number of hydrogen-bond donors (Lipinski definition) is 1. The predicted octanol–water partition coefficient (Wildman–Crippen LogP) is 10.4. The van der Waals surface area contributed by atoms with Crippen molar-refractivity contribution in [3.63, 3.8) is 0 Å². The van der Waals surface area contributed by atoms with Crippen LogP contribution in [0.5, 0.6) is 5.75 Å². The van der Waals surface area contributed by atoms with Crippen molar-refractivity contribution >= 4 is 28.8 Å². The summed E-state index contributed by atoms with van der Waals surface area (Å²) < 4.78 is 5.82. The molecule has 36 heavy (non-hydrogen) atoms. The Kier molecular flexibility index (Phi) is 27.4. The number of nitrogens with one attached hydrogen (secondary N) is 1. The molecule has 1 aromatic rings. The van der Waals surface area contributed by atoms with Gasteiger partial charge in [-0.25, -0.2) is 0 Å². The van der Waals surface area contributed by atoms with Gasteiger partial charge in [0, 0.05) is 30.4 Å². The Bertz CT molecular complexity index is 732. The summed E-state index contributed by atoms with van der Waals surface area (Å²) in [5, 5.41) is 4.13. The first kappa shape index (κ1) is 39.1. The Labute approximate surface area is 235 Å². The van der Waals surface area contributed by atoms with Gasteiger partial charge in [0.2, 0.25) is 0 Å². The summed E-state index contributed by atoms with van der Waals surface area (Å²) in [6.45, 7) is 36.5. The first-order chi connectivity index (χ1) is 17.1. The van der Waals surface area contributed by atoms with E-state index in [1.807, 2.05) is 32.9 Å². The number of benzene rings is 1. The minimum Gasteiger partial charge on any atom is -0.486 e. The maximum absolute atomic E-state index is 6.40. The molecule has 0 saturated heterocycles. The van der Waals surface area contributed by atoms with Crippen molar-refractivity contribution in [1.82, 2.24) is 10.2 Å². The quantitative estimate of drug-likeness (QED) is 0.251. The molecule has 0 aliphatic carbocycles. The van der Waals surface area contributed by atoms with E-state index >= 15 is 0 Å². The molecule has 0 saturated carbocycles. The van der Waals surface area contributed by atoms with E-state index in [1.165, 1.54) is 12.8 Å². The summed E-state index contributed by atoms with van der Waals surface area (Å²) in [6.07, 6.45) is 4.36. The Balaban J connectivity index is -0.000000758. The third-order valence-corrected chi connectivity index (χ3v) is 5.97. The Morgan fingerprint density at radius 2 is 1.53 bits per heavy atom. The van der Waals surface area contributed by atoms with Crippen LogP contribution in [0.3, 0.4) is 0 Å².